The van der Waals surface area contributed by atoms with Gasteiger partial charge >= 0.3 is 5.97 Å². The van der Waals surface area contributed by atoms with Gasteiger partial charge in [-0.15, -0.1) is 0 Å². The van der Waals surface area contributed by atoms with E-state index < -0.39 is 0 Å². The third-order valence-corrected chi connectivity index (χ3v) is 4.31. The van der Waals surface area contributed by atoms with E-state index in [0.717, 1.165) is 30.6 Å². The van der Waals surface area contributed by atoms with Crippen LogP contribution in [0.4, 0.5) is 4.39 Å². The van der Waals surface area contributed by atoms with Crippen LogP contribution in [0.2, 0.25) is 0 Å². The molecule has 1 saturated heterocycles. The first-order valence-corrected chi connectivity index (χ1v) is 7.70. The summed E-state index contributed by atoms with van der Waals surface area (Å²) in [5, 5.41) is 3.49. The summed E-state index contributed by atoms with van der Waals surface area (Å²) >= 11 is 0. The third-order valence-electron chi connectivity index (χ3n) is 4.31. The van der Waals surface area contributed by atoms with E-state index in [1.54, 1.807) is 18.2 Å². The summed E-state index contributed by atoms with van der Waals surface area (Å²) in [5.74, 6) is -0.332. The molecule has 2 heterocycles. The molecule has 23 heavy (non-hydrogen) atoms. The minimum Gasteiger partial charge on any atom is -0.465 e. The van der Waals surface area contributed by atoms with Crippen molar-refractivity contribution in [1.82, 2.24) is 10.3 Å². The van der Waals surface area contributed by atoms with Crippen LogP contribution < -0.4 is 5.32 Å². The summed E-state index contributed by atoms with van der Waals surface area (Å²) in [6.07, 6.45) is 3.16. The Morgan fingerprint density at radius 3 is 2.70 bits per heavy atom. The van der Waals surface area contributed by atoms with Crippen molar-refractivity contribution in [2.75, 3.05) is 13.7 Å². The number of carbonyl (C=O) groups is 1. The van der Waals surface area contributed by atoms with E-state index in [1.165, 1.54) is 19.4 Å². The summed E-state index contributed by atoms with van der Waals surface area (Å²) in [6.45, 7) is 0.882. The van der Waals surface area contributed by atoms with Crippen LogP contribution >= 0.6 is 0 Å². The third kappa shape index (κ3) is 3.56. The van der Waals surface area contributed by atoms with Crippen LogP contribution in [-0.2, 0) is 4.74 Å². The Bertz CT molecular complexity index is 670. The maximum atomic E-state index is 13.0. The number of carbonyl (C=O) groups excluding carboxylic acids is 1. The number of pyridine rings is 1. The first-order chi connectivity index (χ1) is 11.2. The zero-order chi connectivity index (χ0) is 16.2. The zero-order valence-corrected chi connectivity index (χ0v) is 13.0. The van der Waals surface area contributed by atoms with E-state index in [-0.39, 0.29) is 17.8 Å². The molecule has 0 bridgehead atoms. The van der Waals surface area contributed by atoms with Gasteiger partial charge in [0.15, 0.2) is 0 Å². The van der Waals surface area contributed by atoms with E-state index in [2.05, 4.69) is 10.3 Å². The lowest BCUT2D eigenvalue weighted by Gasteiger charge is -2.30. The van der Waals surface area contributed by atoms with Crippen LogP contribution in [0.25, 0.3) is 0 Å². The van der Waals surface area contributed by atoms with E-state index in [0.29, 0.717) is 11.5 Å². The standard InChI is InChI=1S/C18H19FN2O2/c1-23-18(22)13-4-2-12(3-5-13)17-10-14(8-9-20-17)16-7-6-15(19)11-21-16/h2-7,11,14,17,20H,8-10H2,1H3/t14?,17-/m0/s1. The second-order valence-electron chi connectivity index (χ2n) is 5.74. The van der Waals surface area contributed by atoms with Gasteiger partial charge in [0.1, 0.15) is 5.82 Å². The number of benzene rings is 1. The molecule has 1 fully saturated rings. The number of esters is 1. The Balaban J connectivity index is 1.73. The van der Waals surface area contributed by atoms with Crippen molar-refractivity contribution in [3.63, 3.8) is 0 Å². The van der Waals surface area contributed by atoms with Gasteiger partial charge in [-0.3, -0.25) is 4.98 Å². The average molecular weight is 314 g/mol. The quantitative estimate of drug-likeness (QED) is 0.884. The van der Waals surface area contributed by atoms with Gasteiger partial charge in [-0.1, -0.05) is 12.1 Å². The van der Waals surface area contributed by atoms with Gasteiger partial charge in [0.05, 0.1) is 18.9 Å². The number of nitrogens with one attached hydrogen (secondary N) is 1. The van der Waals surface area contributed by atoms with Gasteiger partial charge in [0.25, 0.3) is 0 Å². The molecule has 1 aliphatic rings. The van der Waals surface area contributed by atoms with Crippen molar-refractivity contribution in [2.24, 2.45) is 0 Å². The minimum atomic E-state index is -0.332. The van der Waals surface area contributed by atoms with E-state index in [9.17, 15) is 9.18 Å². The number of nitrogens with zero attached hydrogens (tertiary/aromatic N) is 1. The second-order valence-corrected chi connectivity index (χ2v) is 5.74. The number of hydrogen-bond donors (Lipinski definition) is 1. The fraction of sp³-hybridized carbons (Fsp3) is 0.333. The molecule has 1 aromatic carbocycles. The normalized spacial score (nSPS) is 21.0. The highest BCUT2D eigenvalue weighted by Gasteiger charge is 2.25. The molecule has 1 unspecified atom stereocenters. The van der Waals surface area contributed by atoms with Crippen LogP contribution in [0.3, 0.4) is 0 Å². The maximum Gasteiger partial charge on any atom is 0.337 e. The topological polar surface area (TPSA) is 51.2 Å². The first-order valence-electron chi connectivity index (χ1n) is 7.70. The molecule has 2 atom stereocenters. The van der Waals surface area contributed by atoms with Crippen LogP contribution in [0.5, 0.6) is 0 Å². The predicted octanol–water partition coefficient (Wildman–Crippen LogP) is 3.22. The number of methoxy groups -OCH3 is 1. The van der Waals surface area contributed by atoms with Gasteiger partial charge in [0.2, 0.25) is 0 Å². The highest BCUT2D eigenvalue weighted by molar-refractivity contribution is 5.89. The van der Waals surface area contributed by atoms with Gasteiger partial charge in [-0.2, -0.15) is 0 Å². The minimum absolute atomic E-state index is 0.201. The Labute approximate surface area is 134 Å². The van der Waals surface area contributed by atoms with Gasteiger partial charge in [0, 0.05) is 17.7 Å². The molecule has 1 aromatic heterocycles. The summed E-state index contributed by atoms with van der Waals surface area (Å²) in [4.78, 5) is 15.7. The van der Waals surface area contributed by atoms with Crippen molar-refractivity contribution < 1.29 is 13.9 Å². The number of hydrogen-bond acceptors (Lipinski definition) is 4. The Hall–Kier alpha value is -2.27. The van der Waals surface area contributed by atoms with Crippen molar-refractivity contribution in [1.29, 1.82) is 0 Å². The van der Waals surface area contributed by atoms with Crippen LogP contribution in [-0.4, -0.2) is 24.6 Å². The lowest BCUT2D eigenvalue weighted by atomic mass is 9.86. The van der Waals surface area contributed by atoms with E-state index in [1.807, 2.05) is 12.1 Å². The summed E-state index contributed by atoms with van der Waals surface area (Å²) < 4.78 is 17.7. The van der Waals surface area contributed by atoms with E-state index >= 15 is 0 Å². The number of aromatic nitrogens is 1. The lowest BCUT2D eigenvalue weighted by Crippen LogP contribution is -2.31. The van der Waals surface area contributed by atoms with E-state index in [4.69, 9.17) is 4.74 Å². The Kier molecular flexibility index (Phi) is 4.67. The molecular weight excluding hydrogens is 295 g/mol. The fourth-order valence-electron chi connectivity index (χ4n) is 3.04. The maximum absolute atomic E-state index is 13.0. The van der Waals surface area contributed by atoms with Crippen molar-refractivity contribution in [2.45, 2.75) is 24.8 Å². The number of piperidine rings is 1. The van der Waals surface area contributed by atoms with Gasteiger partial charge < -0.3 is 10.1 Å². The lowest BCUT2D eigenvalue weighted by molar-refractivity contribution is 0.0600. The molecule has 0 amide bonds. The first kappa shape index (κ1) is 15.6. The number of halogens is 1. The highest BCUT2D eigenvalue weighted by atomic mass is 19.1. The van der Waals surface area contributed by atoms with Crippen LogP contribution in [0, 0.1) is 5.82 Å². The SMILES string of the molecule is COC(=O)c1ccc([C@@H]2CC(c3ccc(F)cn3)CCN2)cc1. The molecule has 1 N–H and O–H groups in total. The molecule has 5 heteroatoms. The van der Waals surface area contributed by atoms with Crippen molar-refractivity contribution in [3.8, 4) is 0 Å². The second kappa shape index (κ2) is 6.87. The summed E-state index contributed by atoms with van der Waals surface area (Å²) in [6, 6.07) is 10.9. The highest BCUT2D eigenvalue weighted by Crippen LogP contribution is 2.33. The largest absolute Gasteiger partial charge is 0.465 e. The molecule has 0 saturated carbocycles. The van der Waals surface area contributed by atoms with Crippen molar-refractivity contribution in [3.05, 3.63) is 65.2 Å². The molecule has 2 aromatic rings. The molecule has 0 spiro atoms. The number of ether oxygens (including phenoxy) is 1. The van der Waals surface area contributed by atoms with Crippen LogP contribution in [0.1, 0.15) is 46.4 Å². The van der Waals surface area contributed by atoms with Gasteiger partial charge in [-0.05, 0) is 49.2 Å². The Morgan fingerprint density at radius 2 is 2.04 bits per heavy atom. The Morgan fingerprint density at radius 1 is 1.26 bits per heavy atom. The molecule has 0 aliphatic carbocycles. The molecular formula is C18H19FN2O2. The predicted molar refractivity (Wildman–Crippen MR) is 84.7 cm³/mol. The zero-order valence-electron chi connectivity index (χ0n) is 13.0. The smallest absolute Gasteiger partial charge is 0.337 e. The fourth-order valence-corrected chi connectivity index (χ4v) is 3.04. The summed E-state index contributed by atoms with van der Waals surface area (Å²) in [7, 11) is 1.37. The molecule has 1 aliphatic heterocycles. The van der Waals surface area contributed by atoms with Gasteiger partial charge in [-0.25, -0.2) is 9.18 Å². The summed E-state index contributed by atoms with van der Waals surface area (Å²) in [5.41, 5.74) is 2.61. The molecule has 120 valence electrons. The molecule has 0 radical (unpaired) electrons. The monoisotopic (exact) mass is 314 g/mol. The number of rotatable bonds is 3. The van der Waals surface area contributed by atoms with Crippen molar-refractivity contribution >= 4 is 5.97 Å². The van der Waals surface area contributed by atoms with Crippen LogP contribution in [0.15, 0.2) is 42.6 Å². The molecule has 3 rings (SSSR count). The average Bonchev–Trinajstić information content (AvgIpc) is 2.62. The molecule has 4 nitrogen and oxygen atoms in total.